The van der Waals surface area contributed by atoms with Crippen LogP contribution in [0.3, 0.4) is 0 Å². The molecule has 0 saturated carbocycles. The van der Waals surface area contributed by atoms with Gasteiger partial charge in [-0.2, -0.15) is 0 Å². The Hall–Kier alpha value is -2.45. The molecular formula is C16H17N3O4S. The number of anilines is 1. The van der Waals surface area contributed by atoms with Gasteiger partial charge in [0.05, 0.1) is 9.82 Å². The Kier molecular flexibility index (Phi) is 4.25. The zero-order valence-corrected chi connectivity index (χ0v) is 13.9. The summed E-state index contributed by atoms with van der Waals surface area (Å²) >= 11 is 0. The fraction of sp³-hybridized carbons (Fsp3) is 0.250. The lowest BCUT2D eigenvalue weighted by Crippen LogP contribution is -2.05. The maximum Gasteiger partial charge on any atom is 0.293 e. The van der Waals surface area contributed by atoms with Gasteiger partial charge in [0.2, 0.25) is 0 Å². The standard InChI is InChI=1S/C16H17N3O4S/c1-24(22,23)14-4-5-15(16(7-14)19(20)21)18-8-11-2-3-12-9-17-10-13(12)6-11/h2-7,17-18H,8-10H2,1H3. The van der Waals surface area contributed by atoms with Crippen molar-refractivity contribution in [1.82, 2.24) is 5.32 Å². The Morgan fingerprint density at radius 3 is 2.62 bits per heavy atom. The minimum absolute atomic E-state index is 0.0663. The molecule has 0 aliphatic carbocycles. The van der Waals surface area contributed by atoms with Crippen LogP contribution in [0.4, 0.5) is 11.4 Å². The molecule has 8 heteroatoms. The predicted molar refractivity (Wildman–Crippen MR) is 90.5 cm³/mol. The minimum atomic E-state index is -3.49. The number of nitro groups is 1. The van der Waals surface area contributed by atoms with Crippen LogP contribution >= 0.6 is 0 Å². The summed E-state index contributed by atoms with van der Waals surface area (Å²) in [7, 11) is -3.49. The van der Waals surface area contributed by atoms with Crippen molar-refractivity contribution in [1.29, 1.82) is 0 Å². The highest BCUT2D eigenvalue weighted by molar-refractivity contribution is 7.90. The first-order chi connectivity index (χ1) is 11.3. The van der Waals surface area contributed by atoms with E-state index < -0.39 is 14.8 Å². The lowest BCUT2D eigenvalue weighted by atomic mass is 10.1. The van der Waals surface area contributed by atoms with Gasteiger partial charge in [-0.1, -0.05) is 18.2 Å². The van der Waals surface area contributed by atoms with Crippen molar-refractivity contribution >= 4 is 21.2 Å². The molecule has 0 amide bonds. The van der Waals surface area contributed by atoms with Gasteiger partial charge in [-0.25, -0.2) is 8.42 Å². The van der Waals surface area contributed by atoms with Crippen LogP contribution in [0, 0.1) is 10.1 Å². The van der Waals surface area contributed by atoms with Gasteiger partial charge in [-0.15, -0.1) is 0 Å². The third-order valence-electron chi connectivity index (χ3n) is 3.98. The molecule has 126 valence electrons. The summed E-state index contributed by atoms with van der Waals surface area (Å²) in [5, 5.41) is 17.5. The van der Waals surface area contributed by atoms with Crippen LogP contribution in [0.5, 0.6) is 0 Å². The zero-order chi connectivity index (χ0) is 17.3. The summed E-state index contributed by atoms with van der Waals surface area (Å²) in [5.74, 6) is 0. The molecular weight excluding hydrogens is 330 g/mol. The van der Waals surface area contributed by atoms with Crippen molar-refractivity contribution in [3.05, 3.63) is 63.2 Å². The first kappa shape index (κ1) is 16.4. The fourth-order valence-corrected chi connectivity index (χ4v) is 3.34. The van der Waals surface area contributed by atoms with Crippen LogP contribution in [-0.4, -0.2) is 19.6 Å². The van der Waals surface area contributed by atoms with Crippen molar-refractivity contribution < 1.29 is 13.3 Å². The Morgan fingerprint density at radius 2 is 1.92 bits per heavy atom. The number of fused-ring (bicyclic) bond motifs is 1. The molecule has 24 heavy (non-hydrogen) atoms. The van der Waals surface area contributed by atoms with Crippen LogP contribution in [0.25, 0.3) is 0 Å². The number of nitrogens with zero attached hydrogens (tertiary/aromatic N) is 1. The van der Waals surface area contributed by atoms with E-state index >= 15 is 0 Å². The zero-order valence-electron chi connectivity index (χ0n) is 13.1. The molecule has 0 spiro atoms. The lowest BCUT2D eigenvalue weighted by molar-refractivity contribution is -0.384. The first-order valence-electron chi connectivity index (χ1n) is 7.38. The Bertz CT molecular complexity index is 910. The van der Waals surface area contributed by atoms with Gasteiger partial charge in [0.1, 0.15) is 5.69 Å². The molecule has 0 atom stereocenters. The van der Waals surface area contributed by atoms with Crippen molar-refractivity contribution in [2.24, 2.45) is 0 Å². The topological polar surface area (TPSA) is 101 Å². The van der Waals surface area contributed by atoms with Crippen LogP contribution in [-0.2, 0) is 29.5 Å². The number of rotatable bonds is 5. The maximum absolute atomic E-state index is 11.6. The Labute approximate surface area is 139 Å². The molecule has 1 aliphatic heterocycles. The minimum Gasteiger partial charge on any atom is -0.375 e. The monoisotopic (exact) mass is 347 g/mol. The van der Waals surface area contributed by atoms with Gasteiger partial charge >= 0.3 is 0 Å². The number of benzene rings is 2. The van der Waals surface area contributed by atoms with Crippen molar-refractivity contribution in [3.63, 3.8) is 0 Å². The highest BCUT2D eigenvalue weighted by Gasteiger charge is 2.18. The van der Waals surface area contributed by atoms with Gasteiger partial charge in [0.15, 0.2) is 9.84 Å². The van der Waals surface area contributed by atoms with Crippen LogP contribution in [0.2, 0.25) is 0 Å². The summed E-state index contributed by atoms with van der Waals surface area (Å²) in [6.07, 6.45) is 1.03. The van der Waals surface area contributed by atoms with Crippen LogP contribution in [0.1, 0.15) is 16.7 Å². The molecule has 0 radical (unpaired) electrons. The second-order valence-electron chi connectivity index (χ2n) is 5.77. The second-order valence-corrected chi connectivity index (χ2v) is 7.78. The molecule has 0 fully saturated rings. The fourth-order valence-electron chi connectivity index (χ4n) is 2.70. The number of hydrogen-bond acceptors (Lipinski definition) is 6. The van der Waals surface area contributed by atoms with E-state index in [9.17, 15) is 18.5 Å². The van der Waals surface area contributed by atoms with Gasteiger partial charge in [0, 0.05) is 32.0 Å². The summed E-state index contributed by atoms with van der Waals surface area (Å²) in [5.41, 5.74) is 3.56. The van der Waals surface area contributed by atoms with E-state index in [1.165, 1.54) is 23.3 Å². The Morgan fingerprint density at radius 1 is 1.17 bits per heavy atom. The molecule has 0 bridgehead atoms. The Balaban J connectivity index is 1.83. The van der Waals surface area contributed by atoms with Gasteiger partial charge in [-0.05, 0) is 28.8 Å². The van der Waals surface area contributed by atoms with Gasteiger partial charge < -0.3 is 10.6 Å². The second kappa shape index (κ2) is 6.21. The quantitative estimate of drug-likeness (QED) is 0.635. The third kappa shape index (κ3) is 3.39. The number of sulfone groups is 1. The molecule has 0 unspecified atom stereocenters. The van der Waals surface area contributed by atoms with E-state index in [0.717, 1.165) is 31.0 Å². The molecule has 0 aromatic heterocycles. The van der Waals surface area contributed by atoms with Crippen molar-refractivity contribution in [2.75, 3.05) is 11.6 Å². The summed E-state index contributed by atoms with van der Waals surface area (Å²) in [4.78, 5) is 10.6. The number of nitro benzene ring substituents is 1. The van der Waals surface area contributed by atoms with Gasteiger partial charge in [0.25, 0.3) is 5.69 Å². The predicted octanol–water partition coefficient (Wildman–Crippen LogP) is 2.21. The van der Waals surface area contributed by atoms with Crippen LogP contribution < -0.4 is 10.6 Å². The highest BCUT2D eigenvalue weighted by Crippen LogP contribution is 2.28. The lowest BCUT2D eigenvalue weighted by Gasteiger charge is -2.09. The summed E-state index contributed by atoms with van der Waals surface area (Å²) < 4.78 is 23.1. The highest BCUT2D eigenvalue weighted by atomic mass is 32.2. The molecule has 1 aliphatic rings. The summed E-state index contributed by atoms with van der Waals surface area (Å²) in [6, 6.07) is 9.99. The van der Waals surface area contributed by atoms with E-state index in [2.05, 4.69) is 16.7 Å². The molecule has 3 rings (SSSR count). The van der Waals surface area contributed by atoms with E-state index in [0.29, 0.717) is 12.2 Å². The summed E-state index contributed by atoms with van der Waals surface area (Å²) in [6.45, 7) is 2.11. The molecule has 1 heterocycles. The van der Waals surface area contributed by atoms with Crippen LogP contribution in [0.15, 0.2) is 41.3 Å². The van der Waals surface area contributed by atoms with E-state index in [-0.39, 0.29) is 10.6 Å². The van der Waals surface area contributed by atoms with E-state index in [1.807, 2.05) is 12.1 Å². The van der Waals surface area contributed by atoms with E-state index in [1.54, 1.807) is 0 Å². The van der Waals surface area contributed by atoms with Gasteiger partial charge in [-0.3, -0.25) is 10.1 Å². The van der Waals surface area contributed by atoms with E-state index in [4.69, 9.17) is 0 Å². The molecule has 7 nitrogen and oxygen atoms in total. The molecule has 2 aromatic rings. The van der Waals surface area contributed by atoms with Crippen molar-refractivity contribution in [2.45, 2.75) is 24.5 Å². The third-order valence-corrected chi connectivity index (χ3v) is 5.09. The normalized spacial score (nSPS) is 13.5. The number of nitrogens with one attached hydrogen (secondary N) is 2. The molecule has 0 saturated heterocycles. The van der Waals surface area contributed by atoms with Crippen molar-refractivity contribution in [3.8, 4) is 0 Å². The SMILES string of the molecule is CS(=O)(=O)c1ccc(NCc2ccc3c(c2)CNC3)c([N+](=O)[O-])c1. The average Bonchev–Trinajstić information content (AvgIpc) is 2.99. The largest absolute Gasteiger partial charge is 0.375 e. The average molecular weight is 347 g/mol. The first-order valence-corrected chi connectivity index (χ1v) is 9.27. The maximum atomic E-state index is 11.6. The smallest absolute Gasteiger partial charge is 0.293 e. The molecule has 2 aromatic carbocycles. The molecule has 2 N–H and O–H groups in total. The number of hydrogen-bond donors (Lipinski definition) is 2.